The normalized spacial score (nSPS) is 21.1. The van der Waals surface area contributed by atoms with Crippen molar-refractivity contribution < 1.29 is 26.7 Å². The van der Waals surface area contributed by atoms with Crippen LogP contribution < -0.4 is 5.32 Å². The number of nitrogens with zero attached hydrogens (tertiary/aromatic N) is 1. The topological polar surface area (TPSA) is 32.3 Å². The van der Waals surface area contributed by atoms with E-state index >= 15 is 0 Å². The second-order valence-electron chi connectivity index (χ2n) is 5.27. The third kappa shape index (κ3) is 3.80. The molecule has 0 aliphatic carbocycles. The average Bonchev–Trinajstić information content (AvgIpc) is 2.34. The molecule has 1 saturated heterocycles. The highest BCUT2D eigenvalue weighted by atomic mass is 19.4. The summed E-state index contributed by atoms with van der Waals surface area (Å²) in [6.45, 7) is 3.39. The van der Waals surface area contributed by atoms with Gasteiger partial charge in [0.25, 0.3) is 0 Å². The molecule has 0 spiro atoms. The fourth-order valence-electron chi connectivity index (χ4n) is 2.15. The lowest BCUT2D eigenvalue weighted by atomic mass is 10.0. The van der Waals surface area contributed by atoms with Crippen LogP contribution in [0.4, 0.5) is 22.0 Å². The Labute approximate surface area is 114 Å². The zero-order valence-electron chi connectivity index (χ0n) is 11.4. The van der Waals surface area contributed by atoms with E-state index in [2.05, 4.69) is 5.32 Å². The Bertz CT molecular complexity index is 337. The Kier molecular flexibility index (Phi) is 5.34. The van der Waals surface area contributed by atoms with E-state index in [1.165, 1.54) is 13.8 Å². The monoisotopic (exact) mass is 302 g/mol. The minimum absolute atomic E-state index is 0.137. The van der Waals surface area contributed by atoms with Crippen LogP contribution in [0.5, 0.6) is 0 Å². The number of hydrogen-bond acceptors (Lipinski definition) is 2. The zero-order chi connectivity index (χ0) is 15.6. The Hall–Kier alpha value is -0.920. The highest BCUT2D eigenvalue weighted by Gasteiger charge is 2.64. The summed E-state index contributed by atoms with van der Waals surface area (Å²) < 4.78 is 63.1. The predicted molar refractivity (Wildman–Crippen MR) is 63.5 cm³/mol. The first-order valence-electron chi connectivity index (χ1n) is 6.56. The van der Waals surface area contributed by atoms with E-state index in [4.69, 9.17) is 0 Å². The van der Waals surface area contributed by atoms with Crippen molar-refractivity contribution >= 4 is 5.91 Å². The molecular formula is C12H19F5N2O. The van der Waals surface area contributed by atoms with Gasteiger partial charge in [0.15, 0.2) is 0 Å². The molecule has 0 aromatic heterocycles. The third-order valence-corrected chi connectivity index (χ3v) is 3.34. The molecule has 0 radical (unpaired) electrons. The molecule has 0 saturated carbocycles. The number of carbonyl (C=O) groups excluding carboxylic acids is 1. The first-order chi connectivity index (χ1) is 9.07. The van der Waals surface area contributed by atoms with Crippen LogP contribution in [0.25, 0.3) is 0 Å². The molecule has 1 fully saturated rings. The van der Waals surface area contributed by atoms with Crippen LogP contribution in [0.1, 0.15) is 33.1 Å². The number of piperidine rings is 1. The van der Waals surface area contributed by atoms with Crippen molar-refractivity contribution in [3.63, 3.8) is 0 Å². The molecule has 0 aromatic rings. The summed E-state index contributed by atoms with van der Waals surface area (Å²) in [4.78, 5) is 12.2. The number of alkyl halides is 5. The van der Waals surface area contributed by atoms with Crippen LogP contribution in [0.3, 0.4) is 0 Å². The molecule has 1 atom stereocenters. The Balaban J connectivity index is 2.82. The molecule has 8 heteroatoms. The van der Waals surface area contributed by atoms with Crippen molar-refractivity contribution in [2.24, 2.45) is 0 Å². The third-order valence-electron chi connectivity index (χ3n) is 3.34. The lowest BCUT2D eigenvalue weighted by Crippen LogP contribution is -2.57. The maximum atomic E-state index is 13.2. The van der Waals surface area contributed by atoms with Crippen molar-refractivity contribution in [2.75, 3.05) is 13.1 Å². The van der Waals surface area contributed by atoms with Gasteiger partial charge in [-0.25, -0.2) is 0 Å². The largest absolute Gasteiger partial charge is 0.463 e. The van der Waals surface area contributed by atoms with E-state index in [1.54, 1.807) is 0 Å². The number of amides is 1. The van der Waals surface area contributed by atoms with Crippen LogP contribution >= 0.6 is 0 Å². The predicted octanol–water partition coefficient (Wildman–Crippen LogP) is 2.56. The average molecular weight is 302 g/mol. The molecule has 0 aromatic carbocycles. The fraction of sp³-hybridized carbons (Fsp3) is 0.917. The molecule has 3 nitrogen and oxygen atoms in total. The molecular weight excluding hydrogens is 283 g/mol. The van der Waals surface area contributed by atoms with Gasteiger partial charge in [0.05, 0.1) is 0 Å². The second kappa shape index (κ2) is 6.24. The standard InChI is InChI=1S/C12H19F5N2O/c1-8(2)19(7-9-5-3-4-6-18-9)10(20)11(13,14)12(15,16)17/h8-9,18H,3-7H2,1-2H3. The first kappa shape index (κ1) is 17.1. The summed E-state index contributed by atoms with van der Waals surface area (Å²) in [7, 11) is 0. The molecule has 1 aliphatic rings. The van der Waals surface area contributed by atoms with Crippen LogP contribution in [-0.4, -0.2) is 48.1 Å². The van der Waals surface area contributed by atoms with Crippen molar-refractivity contribution in [1.29, 1.82) is 0 Å². The van der Waals surface area contributed by atoms with Gasteiger partial charge in [-0.2, -0.15) is 22.0 Å². The molecule has 1 aliphatic heterocycles. The van der Waals surface area contributed by atoms with Crippen LogP contribution in [-0.2, 0) is 4.79 Å². The summed E-state index contributed by atoms with van der Waals surface area (Å²) in [6, 6.07) is -0.960. The molecule has 1 N–H and O–H groups in total. The lowest BCUT2D eigenvalue weighted by Gasteiger charge is -2.35. The molecule has 20 heavy (non-hydrogen) atoms. The van der Waals surface area contributed by atoms with Crippen molar-refractivity contribution in [3.05, 3.63) is 0 Å². The summed E-state index contributed by atoms with van der Waals surface area (Å²) in [5.41, 5.74) is 0. The molecule has 1 heterocycles. The first-order valence-corrected chi connectivity index (χ1v) is 6.56. The van der Waals surface area contributed by atoms with Gasteiger partial charge in [0.2, 0.25) is 0 Å². The summed E-state index contributed by atoms with van der Waals surface area (Å²) >= 11 is 0. The Morgan fingerprint density at radius 2 is 1.85 bits per heavy atom. The van der Waals surface area contributed by atoms with Crippen LogP contribution in [0, 0.1) is 0 Å². The van der Waals surface area contributed by atoms with E-state index in [0.29, 0.717) is 17.9 Å². The van der Waals surface area contributed by atoms with Crippen LogP contribution in [0.2, 0.25) is 0 Å². The summed E-state index contributed by atoms with van der Waals surface area (Å²) in [6.07, 6.45) is -3.40. The van der Waals surface area contributed by atoms with E-state index < -0.39 is 24.0 Å². The highest BCUT2D eigenvalue weighted by Crippen LogP contribution is 2.37. The zero-order valence-corrected chi connectivity index (χ0v) is 11.4. The van der Waals surface area contributed by atoms with Gasteiger partial charge in [-0.1, -0.05) is 6.42 Å². The van der Waals surface area contributed by atoms with Crippen LogP contribution in [0.15, 0.2) is 0 Å². The smallest absolute Gasteiger partial charge is 0.333 e. The quantitative estimate of drug-likeness (QED) is 0.810. The number of halogens is 5. The summed E-state index contributed by atoms with van der Waals surface area (Å²) in [5, 5.41) is 3.03. The number of rotatable bonds is 4. The number of nitrogens with one attached hydrogen (secondary N) is 1. The molecule has 1 amide bonds. The maximum Gasteiger partial charge on any atom is 0.463 e. The molecule has 1 rings (SSSR count). The summed E-state index contributed by atoms with van der Waals surface area (Å²) in [5.74, 6) is -7.52. The van der Waals surface area contributed by atoms with Crippen molar-refractivity contribution in [1.82, 2.24) is 10.2 Å². The van der Waals surface area contributed by atoms with Gasteiger partial charge in [-0.3, -0.25) is 4.79 Å². The van der Waals surface area contributed by atoms with Crippen molar-refractivity contribution in [3.8, 4) is 0 Å². The molecule has 1 unspecified atom stereocenters. The molecule has 0 bridgehead atoms. The van der Waals surface area contributed by atoms with E-state index in [1.807, 2.05) is 0 Å². The van der Waals surface area contributed by atoms with E-state index in [9.17, 15) is 26.7 Å². The van der Waals surface area contributed by atoms with Gasteiger partial charge in [0.1, 0.15) is 0 Å². The maximum absolute atomic E-state index is 13.2. The van der Waals surface area contributed by atoms with Gasteiger partial charge < -0.3 is 10.2 Å². The van der Waals surface area contributed by atoms with E-state index in [0.717, 1.165) is 12.8 Å². The Morgan fingerprint density at radius 3 is 2.25 bits per heavy atom. The van der Waals surface area contributed by atoms with Gasteiger partial charge >= 0.3 is 18.0 Å². The van der Waals surface area contributed by atoms with Gasteiger partial charge in [0, 0.05) is 18.6 Å². The van der Waals surface area contributed by atoms with Gasteiger partial charge in [-0.15, -0.1) is 0 Å². The van der Waals surface area contributed by atoms with Gasteiger partial charge in [-0.05, 0) is 33.2 Å². The lowest BCUT2D eigenvalue weighted by molar-refractivity contribution is -0.275. The minimum Gasteiger partial charge on any atom is -0.333 e. The van der Waals surface area contributed by atoms with Crippen molar-refractivity contribution in [2.45, 2.75) is 57.3 Å². The SMILES string of the molecule is CC(C)N(CC1CCCCN1)C(=O)C(F)(F)C(F)(F)F. The Morgan fingerprint density at radius 1 is 1.25 bits per heavy atom. The minimum atomic E-state index is -5.86. The number of carbonyl (C=O) groups is 1. The fourth-order valence-corrected chi connectivity index (χ4v) is 2.15. The molecule has 118 valence electrons. The second-order valence-corrected chi connectivity index (χ2v) is 5.27. The highest BCUT2D eigenvalue weighted by molar-refractivity contribution is 5.84. The van der Waals surface area contributed by atoms with E-state index in [-0.39, 0.29) is 12.6 Å². The number of hydrogen-bond donors (Lipinski definition) is 1.